The van der Waals surface area contributed by atoms with Crippen molar-refractivity contribution in [3.05, 3.63) is 77.0 Å². The lowest BCUT2D eigenvalue weighted by Crippen LogP contribution is -2.14. The summed E-state index contributed by atoms with van der Waals surface area (Å²) in [6, 6.07) is 15.2. The second-order valence-corrected chi connectivity index (χ2v) is 7.63. The number of methoxy groups -OCH3 is 2. The minimum absolute atomic E-state index is 0.227. The molecule has 0 aliphatic carbocycles. The molecule has 2 heterocycles. The van der Waals surface area contributed by atoms with Gasteiger partial charge in [0, 0.05) is 17.0 Å². The Morgan fingerprint density at radius 3 is 2.68 bits per heavy atom. The fraction of sp³-hybridized carbons (Fsp3) is 0.154. The quantitative estimate of drug-likeness (QED) is 0.429. The number of pyridine rings is 1. The van der Waals surface area contributed by atoms with Gasteiger partial charge in [-0.3, -0.25) is 4.79 Å². The van der Waals surface area contributed by atoms with Gasteiger partial charge in [0.25, 0.3) is 0 Å². The van der Waals surface area contributed by atoms with E-state index in [9.17, 15) is 10.1 Å². The fourth-order valence-corrected chi connectivity index (χ4v) is 3.67. The zero-order chi connectivity index (χ0) is 24.2. The summed E-state index contributed by atoms with van der Waals surface area (Å²) in [5, 5.41) is 17.7. The molecule has 2 aromatic heterocycles. The van der Waals surface area contributed by atoms with E-state index >= 15 is 0 Å². The van der Waals surface area contributed by atoms with Crippen LogP contribution >= 0.6 is 0 Å². The second-order valence-electron chi connectivity index (χ2n) is 7.63. The maximum absolute atomic E-state index is 12.8. The van der Waals surface area contributed by atoms with Gasteiger partial charge in [-0.05, 0) is 55.3 Å². The number of carbonyl (C=O) groups excluding carboxylic acids is 1. The van der Waals surface area contributed by atoms with Crippen LogP contribution in [0.5, 0.6) is 11.5 Å². The normalized spacial score (nSPS) is 10.9. The first-order valence-electron chi connectivity index (χ1n) is 10.5. The largest absolute Gasteiger partial charge is 0.497 e. The summed E-state index contributed by atoms with van der Waals surface area (Å²) in [5.41, 5.74) is 3.78. The average Bonchev–Trinajstić information content (AvgIpc) is 3.25. The van der Waals surface area contributed by atoms with Crippen molar-refractivity contribution in [1.29, 1.82) is 5.26 Å². The average molecular weight is 454 g/mol. The summed E-state index contributed by atoms with van der Waals surface area (Å²) >= 11 is 0. The molecule has 8 heteroatoms. The third-order valence-corrected chi connectivity index (χ3v) is 5.43. The molecule has 0 radical (unpaired) electrons. The van der Waals surface area contributed by atoms with E-state index in [1.807, 2.05) is 38.1 Å². The highest BCUT2D eigenvalue weighted by Crippen LogP contribution is 2.27. The van der Waals surface area contributed by atoms with Gasteiger partial charge in [-0.15, -0.1) is 0 Å². The number of amides is 1. The standard InChI is InChI=1S/C26H23N5O3/c1-16-6-5-7-21-17(2)12-23(29-25(16)21)31-26(19(14-27)15-28-31)30-24(32)11-8-18-13-20(33-3)9-10-22(18)34-4/h5-13,15H,1-4H3,(H,30,32)/b11-8+. The Balaban J connectivity index is 1.69. The lowest BCUT2D eigenvalue weighted by atomic mass is 10.1. The highest BCUT2D eigenvalue weighted by Gasteiger charge is 2.16. The van der Waals surface area contributed by atoms with Crippen LogP contribution in [-0.2, 0) is 4.79 Å². The minimum atomic E-state index is -0.434. The van der Waals surface area contributed by atoms with Crippen LogP contribution in [0.25, 0.3) is 22.8 Å². The predicted octanol–water partition coefficient (Wildman–Crippen LogP) is 4.58. The number of aromatic nitrogens is 3. The van der Waals surface area contributed by atoms with Gasteiger partial charge in [-0.25, -0.2) is 4.98 Å². The van der Waals surface area contributed by atoms with E-state index in [1.54, 1.807) is 38.5 Å². The first-order valence-corrected chi connectivity index (χ1v) is 10.5. The van der Waals surface area contributed by atoms with Crippen molar-refractivity contribution in [3.63, 3.8) is 0 Å². The summed E-state index contributed by atoms with van der Waals surface area (Å²) in [6.07, 6.45) is 4.38. The number of carbonyl (C=O) groups is 1. The SMILES string of the molecule is COc1ccc(OC)c(/C=C/C(=O)Nc2c(C#N)cnn2-c2cc(C)c3cccc(C)c3n2)c1. The smallest absolute Gasteiger partial charge is 0.249 e. The number of hydrogen-bond acceptors (Lipinski definition) is 6. The summed E-state index contributed by atoms with van der Waals surface area (Å²) < 4.78 is 12.1. The van der Waals surface area contributed by atoms with Gasteiger partial charge in [0.1, 0.15) is 23.1 Å². The van der Waals surface area contributed by atoms with Gasteiger partial charge in [0.05, 0.1) is 25.9 Å². The van der Waals surface area contributed by atoms with Crippen LogP contribution in [-0.4, -0.2) is 34.9 Å². The maximum atomic E-state index is 12.8. The van der Waals surface area contributed by atoms with Crippen molar-refractivity contribution >= 4 is 28.7 Å². The molecule has 0 aliphatic rings. The fourth-order valence-electron chi connectivity index (χ4n) is 3.67. The number of nitrogens with zero attached hydrogens (tertiary/aromatic N) is 4. The number of anilines is 1. The second kappa shape index (κ2) is 9.46. The molecule has 0 fully saturated rings. The maximum Gasteiger partial charge on any atom is 0.249 e. The van der Waals surface area contributed by atoms with E-state index in [1.165, 1.54) is 17.0 Å². The van der Waals surface area contributed by atoms with Crippen molar-refractivity contribution in [2.75, 3.05) is 19.5 Å². The Morgan fingerprint density at radius 1 is 1.12 bits per heavy atom. The summed E-state index contributed by atoms with van der Waals surface area (Å²) in [5.74, 6) is 1.55. The Labute approximate surface area is 197 Å². The summed E-state index contributed by atoms with van der Waals surface area (Å²) in [6.45, 7) is 3.98. The first kappa shape index (κ1) is 22.6. The van der Waals surface area contributed by atoms with Crippen LogP contribution in [0.3, 0.4) is 0 Å². The van der Waals surface area contributed by atoms with E-state index in [4.69, 9.17) is 14.5 Å². The third kappa shape index (κ3) is 4.32. The molecule has 0 saturated carbocycles. The van der Waals surface area contributed by atoms with Gasteiger partial charge in [0.2, 0.25) is 5.91 Å². The monoisotopic (exact) mass is 453 g/mol. The molecule has 8 nitrogen and oxygen atoms in total. The molecular weight excluding hydrogens is 430 g/mol. The van der Waals surface area contributed by atoms with Gasteiger partial charge >= 0.3 is 0 Å². The number of para-hydroxylation sites is 1. The van der Waals surface area contributed by atoms with E-state index in [0.29, 0.717) is 22.9 Å². The van der Waals surface area contributed by atoms with E-state index in [2.05, 4.69) is 16.5 Å². The number of hydrogen-bond donors (Lipinski definition) is 1. The van der Waals surface area contributed by atoms with Crippen LogP contribution in [0.4, 0.5) is 5.82 Å². The Morgan fingerprint density at radius 2 is 1.94 bits per heavy atom. The molecule has 0 bridgehead atoms. The van der Waals surface area contributed by atoms with Gasteiger partial charge in [0.15, 0.2) is 11.6 Å². The van der Waals surface area contributed by atoms with Crippen molar-refractivity contribution in [1.82, 2.24) is 14.8 Å². The molecule has 0 aliphatic heterocycles. The number of nitrogens with one attached hydrogen (secondary N) is 1. The topological polar surface area (TPSA) is 102 Å². The number of fused-ring (bicyclic) bond motifs is 1. The minimum Gasteiger partial charge on any atom is -0.497 e. The number of benzene rings is 2. The van der Waals surface area contributed by atoms with Gasteiger partial charge in [-0.1, -0.05) is 18.2 Å². The van der Waals surface area contributed by atoms with Crippen molar-refractivity contribution < 1.29 is 14.3 Å². The van der Waals surface area contributed by atoms with Crippen LogP contribution in [0.15, 0.2) is 54.7 Å². The van der Waals surface area contributed by atoms with Crippen LogP contribution < -0.4 is 14.8 Å². The number of nitriles is 1. The van der Waals surface area contributed by atoms with Gasteiger partial charge < -0.3 is 14.8 Å². The molecule has 2 aromatic carbocycles. The van der Waals surface area contributed by atoms with Crippen LogP contribution in [0, 0.1) is 25.2 Å². The predicted molar refractivity (Wildman–Crippen MR) is 130 cm³/mol. The van der Waals surface area contributed by atoms with E-state index < -0.39 is 5.91 Å². The highest BCUT2D eigenvalue weighted by molar-refractivity contribution is 6.02. The van der Waals surface area contributed by atoms with Crippen molar-refractivity contribution in [2.24, 2.45) is 0 Å². The summed E-state index contributed by atoms with van der Waals surface area (Å²) in [7, 11) is 3.12. The molecule has 4 rings (SSSR count). The Bertz CT molecular complexity index is 1460. The molecular formula is C26H23N5O3. The van der Waals surface area contributed by atoms with E-state index in [0.717, 1.165) is 22.0 Å². The number of rotatable bonds is 6. The van der Waals surface area contributed by atoms with Crippen molar-refractivity contribution in [3.8, 4) is 23.4 Å². The molecule has 34 heavy (non-hydrogen) atoms. The molecule has 4 aromatic rings. The zero-order valence-electron chi connectivity index (χ0n) is 19.3. The molecule has 0 spiro atoms. The molecule has 0 atom stereocenters. The van der Waals surface area contributed by atoms with Crippen LogP contribution in [0.2, 0.25) is 0 Å². The zero-order valence-corrected chi connectivity index (χ0v) is 19.3. The van der Waals surface area contributed by atoms with E-state index in [-0.39, 0.29) is 11.4 Å². The molecule has 0 unspecified atom stereocenters. The Kier molecular flexibility index (Phi) is 6.28. The van der Waals surface area contributed by atoms with Crippen molar-refractivity contribution in [2.45, 2.75) is 13.8 Å². The third-order valence-electron chi connectivity index (χ3n) is 5.43. The lowest BCUT2D eigenvalue weighted by molar-refractivity contribution is -0.111. The van der Waals surface area contributed by atoms with Crippen LogP contribution in [0.1, 0.15) is 22.3 Å². The number of ether oxygens (including phenoxy) is 2. The highest BCUT2D eigenvalue weighted by atomic mass is 16.5. The molecule has 1 N–H and O–H groups in total. The molecule has 170 valence electrons. The molecule has 0 saturated heterocycles. The molecule has 1 amide bonds. The Hall–Kier alpha value is -4.64. The lowest BCUT2D eigenvalue weighted by Gasteiger charge is -2.11. The number of aryl methyl sites for hydroxylation is 2. The first-order chi connectivity index (χ1) is 16.4. The summed E-state index contributed by atoms with van der Waals surface area (Å²) in [4.78, 5) is 17.5. The van der Waals surface area contributed by atoms with Gasteiger partial charge in [-0.2, -0.15) is 15.0 Å².